The summed E-state index contributed by atoms with van der Waals surface area (Å²) in [5, 5.41) is 5.75. The molecule has 1 aliphatic carbocycles. The van der Waals surface area contributed by atoms with Gasteiger partial charge in [0.1, 0.15) is 18.3 Å². The van der Waals surface area contributed by atoms with E-state index in [1.165, 1.54) is 12.4 Å². The van der Waals surface area contributed by atoms with Crippen LogP contribution in [0.2, 0.25) is 0 Å². The molecule has 2 amide bonds. The maximum atomic E-state index is 13.3. The largest absolute Gasteiger partial charge is 0.474 e. The lowest BCUT2D eigenvalue weighted by molar-refractivity contribution is -0.122. The molecule has 2 heterocycles. The van der Waals surface area contributed by atoms with Crippen molar-refractivity contribution in [2.45, 2.75) is 45.1 Å². The molecule has 1 atom stereocenters. The number of carbonyl (C=O) groups excluding carboxylic acids is 2. The van der Waals surface area contributed by atoms with E-state index in [0.717, 1.165) is 42.8 Å². The van der Waals surface area contributed by atoms with Crippen molar-refractivity contribution >= 4 is 29.4 Å². The van der Waals surface area contributed by atoms with Gasteiger partial charge in [-0.2, -0.15) is 0 Å². The molecule has 2 aromatic rings. The molecular weight excluding hydrogens is 456 g/mol. The molecule has 1 fully saturated rings. The van der Waals surface area contributed by atoms with E-state index in [1.807, 2.05) is 37.3 Å². The zero-order valence-electron chi connectivity index (χ0n) is 20.9. The van der Waals surface area contributed by atoms with Gasteiger partial charge in [-0.05, 0) is 49.6 Å². The van der Waals surface area contributed by atoms with E-state index in [-0.39, 0.29) is 11.8 Å². The highest BCUT2D eigenvalue weighted by atomic mass is 16.5. The summed E-state index contributed by atoms with van der Waals surface area (Å²) in [6.45, 7) is 3.07. The summed E-state index contributed by atoms with van der Waals surface area (Å²) in [6, 6.07) is 10.6. The summed E-state index contributed by atoms with van der Waals surface area (Å²) in [6.07, 6.45) is 7.79. The number of hydrogen-bond acceptors (Lipinski definition) is 7. The number of pyridine rings is 1. The number of allylic oxidation sites excluding steroid dienone is 1. The summed E-state index contributed by atoms with van der Waals surface area (Å²) in [7, 11) is 1.60. The second-order valence-corrected chi connectivity index (χ2v) is 9.24. The van der Waals surface area contributed by atoms with Crippen molar-refractivity contribution in [2.75, 3.05) is 25.1 Å². The van der Waals surface area contributed by atoms with Crippen LogP contribution in [0.15, 0.2) is 53.3 Å². The van der Waals surface area contributed by atoms with Gasteiger partial charge in [0.2, 0.25) is 11.8 Å². The number of benzene rings is 1. The van der Waals surface area contributed by atoms with Crippen molar-refractivity contribution in [3.63, 3.8) is 0 Å². The number of amides is 2. The molecule has 190 valence electrons. The van der Waals surface area contributed by atoms with Gasteiger partial charge in [-0.1, -0.05) is 31.7 Å². The standard InChI is InChI=1S/C27H34N6O3/c1-18-10-11-24-27(30-18)36-13-12-33(24)22-9-5-8-20(15-22)25(34)32-23(14-19-6-3-4-7-19)26(35)31-21(16-28)17-29-2/h5,8-11,15-17,19,23H,3-4,6-7,12-14,28H2,1-2H3,(H,31,35)(H,32,34)/b21-16+,29-17?. The second kappa shape index (κ2) is 11.7. The molecule has 0 radical (unpaired) electrons. The van der Waals surface area contributed by atoms with Crippen LogP contribution in [0.1, 0.15) is 48.2 Å². The van der Waals surface area contributed by atoms with E-state index in [1.54, 1.807) is 13.1 Å². The minimum atomic E-state index is -0.680. The second-order valence-electron chi connectivity index (χ2n) is 9.24. The normalized spacial score (nSPS) is 16.9. The summed E-state index contributed by atoms with van der Waals surface area (Å²) in [5.74, 6) is 0.390. The minimum Gasteiger partial charge on any atom is -0.474 e. The third kappa shape index (κ3) is 6.02. The number of carbonyl (C=O) groups is 2. The Kier molecular flexibility index (Phi) is 8.20. The van der Waals surface area contributed by atoms with E-state index < -0.39 is 6.04 Å². The van der Waals surface area contributed by atoms with Crippen molar-refractivity contribution < 1.29 is 14.3 Å². The third-order valence-electron chi connectivity index (χ3n) is 6.62. The van der Waals surface area contributed by atoms with Crippen molar-refractivity contribution in [2.24, 2.45) is 16.6 Å². The molecule has 1 aliphatic heterocycles. The Hall–Kier alpha value is -3.88. The molecule has 0 bridgehead atoms. The highest BCUT2D eigenvalue weighted by Gasteiger charge is 2.28. The zero-order chi connectivity index (χ0) is 25.5. The van der Waals surface area contributed by atoms with Gasteiger partial charge in [-0.3, -0.25) is 14.6 Å². The fourth-order valence-electron chi connectivity index (χ4n) is 4.81. The molecule has 4 rings (SSSR count). The topological polar surface area (TPSA) is 122 Å². The van der Waals surface area contributed by atoms with E-state index in [0.29, 0.717) is 42.6 Å². The van der Waals surface area contributed by atoms with Gasteiger partial charge in [0, 0.05) is 36.4 Å². The first-order valence-corrected chi connectivity index (χ1v) is 12.4. The first kappa shape index (κ1) is 25.2. The number of nitrogens with zero attached hydrogens (tertiary/aromatic N) is 3. The lowest BCUT2D eigenvalue weighted by atomic mass is 9.97. The predicted molar refractivity (Wildman–Crippen MR) is 141 cm³/mol. The molecule has 1 aromatic heterocycles. The molecule has 0 spiro atoms. The fourth-order valence-corrected chi connectivity index (χ4v) is 4.81. The molecule has 1 unspecified atom stereocenters. The summed E-state index contributed by atoms with van der Waals surface area (Å²) < 4.78 is 5.73. The van der Waals surface area contributed by atoms with Crippen molar-refractivity contribution in [1.29, 1.82) is 0 Å². The van der Waals surface area contributed by atoms with Gasteiger partial charge < -0.3 is 26.0 Å². The molecule has 2 aliphatic rings. The van der Waals surface area contributed by atoms with Gasteiger partial charge in [-0.25, -0.2) is 4.98 Å². The van der Waals surface area contributed by atoms with Crippen LogP contribution in [-0.2, 0) is 4.79 Å². The van der Waals surface area contributed by atoms with Gasteiger partial charge in [0.15, 0.2) is 0 Å². The Balaban J connectivity index is 1.53. The summed E-state index contributed by atoms with van der Waals surface area (Å²) in [5.41, 5.74) is 9.10. The first-order valence-electron chi connectivity index (χ1n) is 12.4. The maximum absolute atomic E-state index is 13.3. The molecule has 1 saturated carbocycles. The Labute approximate surface area is 211 Å². The summed E-state index contributed by atoms with van der Waals surface area (Å²) >= 11 is 0. The molecule has 9 nitrogen and oxygen atoms in total. The molecule has 0 saturated heterocycles. The zero-order valence-corrected chi connectivity index (χ0v) is 20.9. The lowest BCUT2D eigenvalue weighted by Crippen LogP contribution is -2.47. The van der Waals surface area contributed by atoms with Crippen LogP contribution in [0.4, 0.5) is 11.4 Å². The van der Waals surface area contributed by atoms with Gasteiger partial charge in [0.05, 0.1) is 12.2 Å². The Bertz CT molecular complexity index is 1160. The SMILES string of the molecule is CN=C/C(=C\N)NC(=O)C(CC1CCCC1)NC(=O)c1cccc(N2CCOc3nc(C)ccc32)c1. The lowest BCUT2D eigenvalue weighted by Gasteiger charge is -2.31. The highest BCUT2D eigenvalue weighted by molar-refractivity contribution is 5.99. The van der Waals surface area contributed by atoms with Crippen LogP contribution >= 0.6 is 0 Å². The highest BCUT2D eigenvalue weighted by Crippen LogP contribution is 2.35. The number of rotatable bonds is 8. The molecular formula is C27H34N6O3. The number of nitrogens with two attached hydrogens (primary N) is 1. The Morgan fingerprint density at radius 3 is 2.83 bits per heavy atom. The van der Waals surface area contributed by atoms with Gasteiger partial charge in [-0.15, -0.1) is 0 Å². The number of nitrogens with one attached hydrogen (secondary N) is 2. The third-order valence-corrected chi connectivity index (χ3v) is 6.62. The number of aromatic nitrogens is 1. The van der Waals surface area contributed by atoms with Crippen LogP contribution in [0, 0.1) is 12.8 Å². The van der Waals surface area contributed by atoms with E-state index in [9.17, 15) is 9.59 Å². The van der Waals surface area contributed by atoms with Crippen LogP contribution in [-0.4, -0.2) is 49.3 Å². The minimum absolute atomic E-state index is 0.298. The van der Waals surface area contributed by atoms with Crippen molar-refractivity contribution in [3.8, 4) is 5.88 Å². The predicted octanol–water partition coefficient (Wildman–Crippen LogP) is 3.22. The van der Waals surface area contributed by atoms with E-state index >= 15 is 0 Å². The first-order chi connectivity index (χ1) is 17.5. The monoisotopic (exact) mass is 490 g/mol. The molecule has 9 heteroatoms. The van der Waals surface area contributed by atoms with Gasteiger partial charge >= 0.3 is 0 Å². The average Bonchev–Trinajstić information content (AvgIpc) is 3.40. The number of ether oxygens (including phenoxy) is 1. The molecule has 1 aromatic carbocycles. The number of hydrogen-bond donors (Lipinski definition) is 3. The number of fused-ring (bicyclic) bond motifs is 1. The smallest absolute Gasteiger partial charge is 0.252 e. The Morgan fingerprint density at radius 2 is 2.08 bits per heavy atom. The number of anilines is 2. The van der Waals surface area contributed by atoms with E-state index in [4.69, 9.17) is 10.5 Å². The van der Waals surface area contributed by atoms with Gasteiger partial charge in [0.25, 0.3) is 5.91 Å². The van der Waals surface area contributed by atoms with Crippen molar-refractivity contribution in [3.05, 3.63) is 59.6 Å². The van der Waals surface area contributed by atoms with Crippen LogP contribution in [0.3, 0.4) is 0 Å². The molecule has 36 heavy (non-hydrogen) atoms. The fraction of sp³-hybridized carbons (Fsp3) is 0.407. The molecule has 4 N–H and O–H groups in total. The number of aryl methyl sites for hydroxylation is 1. The Morgan fingerprint density at radius 1 is 1.28 bits per heavy atom. The van der Waals surface area contributed by atoms with Crippen LogP contribution in [0.25, 0.3) is 0 Å². The van der Waals surface area contributed by atoms with Crippen molar-refractivity contribution in [1.82, 2.24) is 15.6 Å². The maximum Gasteiger partial charge on any atom is 0.252 e. The van der Waals surface area contributed by atoms with E-state index in [2.05, 4.69) is 25.5 Å². The summed E-state index contributed by atoms with van der Waals surface area (Å²) in [4.78, 5) is 36.9. The van der Waals surface area contributed by atoms with Crippen LogP contribution < -0.4 is 26.0 Å². The quantitative estimate of drug-likeness (QED) is 0.489. The number of aliphatic imine (C=N–C) groups is 1. The average molecular weight is 491 g/mol. The van der Waals surface area contributed by atoms with Crippen LogP contribution in [0.5, 0.6) is 5.88 Å².